The minimum Gasteiger partial charge on any atom is -0.331 e. The maximum Gasteiger partial charge on any atom is 0.234 e. The van der Waals surface area contributed by atoms with Gasteiger partial charge >= 0.3 is 0 Å². The standard InChI is InChI=1S/C18H20N6OS/c25-18(15-8-4-5-10-24-17(15)20-21-22-24)23(13-16-19-9-11-26-16)12-14-6-2-1-3-7-14/h1-3,6-7,9,11,15H,4-5,8,10,12-13H2. The second-order valence-electron chi connectivity index (χ2n) is 6.41. The molecule has 1 aromatic carbocycles. The number of carbonyl (C=O) groups is 1. The van der Waals surface area contributed by atoms with Crippen molar-refractivity contribution >= 4 is 17.2 Å². The molecule has 1 unspecified atom stereocenters. The highest BCUT2D eigenvalue weighted by Gasteiger charge is 2.32. The molecule has 0 bridgehead atoms. The molecule has 8 heteroatoms. The van der Waals surface area contributed by atoms with Crippen molar-refractivity contribution < 1.29 is 4.79 Å². The van der Waals surface area contributed by atoms with Gasteiger partial charge in [0.1, 0.15) is 5.01 Å². The van der Waals surface area contributed by atoms with E-state index in [0.717, 1.165) is 36.4 Å². The highest BCUT2D eigenvalue weighted by molar-refractivity contribution is 7.09. The largest absolute Gasteiger partial charge is 0.331 e. The van der Waals surface area contributed by atoms with E-state index in [1.807, 2.05) is 40.6 Å². The molecule has 4 rings (SSSR count). The zero-order chi connectivity index (χ0) is 17.8. The summed E-state index contributed by atoms with van der Waals surface area (Å²) < 4.78 is 1.78. The Kier molecular flexibility index (Phi) is 5.01. The fourth-order valence-electron chi connectivity index (χ4n) is 3.32. The molecule has 26 heavy (non-hydrogen) atoms. The van der Waals surface area contributed by atoms with E-state index >= 15 is 0 Å². The molecular formula is C18H20N6OS. The molecule has 134 valence electrons. The number of aromatic nitrogens is 5. The smallest absolute Gasteiger partial charge is 0.234 e. The predicted molar refractivity (Wildman–Crippen MR) is 97.2 cm³/mol. The van der Waals surface area contributed by atoms with Crippen molar-refractivity contribution in [3.8, 4) is 0 Å². The van der Waals surface area contributed by atoms with E-state index in [0.29, 0.717) is 18.9 Å². The van der Waals surface area contributed by atoms with Crippen LogP contribution in [0.1, 0.15) is 41.6 Å². The summed E-state index contributed by atoms with van der Waals surface area (Å²) in [5.74, 6) is 0.461. The fraction of sp³-hybridized carbons (Fsp3) is 0.389. The van der Waals surface area contributed by atoms with Crippen LogP contribution in [0, 0.1) is 0 Å². The molecule has 1 aliphatic heterocycles. The number of hydrogen-bond donors (Lipinski definition) is 0. The van der Waals surface area contributed by atoms with Crippen LogP contribution in [0.4, 0.5) is 0 Å². The molecule has 1 atom stereocenters. The van der Waals surface area contributed by atoms with Gasteiger partial charge in [-0.25, -0.2) is 9.67 Å². The second-order valence-corrected chi connectivity index (χ2v) is 7.39. The van der Waals surface area contributed by atoms with Gasteiger partial charge < -0.3 is 4.90 Å². The number of hydrogen-bond acceptors (Lipinski definition) is 6. The highest BCUT2D eigenvalue weighted by Crippen LogP contribution is 2.27. The second kappa shape index (κ2) is 7.74. The quantitative estimate of drug-likeness (QED) is 0.692. The first-order valence-corrected chi connectivity index (χ1v) is 9.66. The van der Waals surface area contributed by atoms with E-state index in [4.69, 9.17) is 0 Å². The Bertz CT molecular complexity index is 848. The van der Waals surface area contributed by atoms with Crippen LogP contribution in [0.15, 0.2) is 41.9 Å². The normalized spacial score (nSPS) is 16.7. The number of thiazole rings is 1. The zero-order valence-electron chi connectivity index (χ0n) is 14.4. The monoisotopic (exact) mass is 368 g/mol. The maximum atomic E-state index is 13.4. The molecule has 0 fully saturated rings. The van der Waals surface area contributed by atoms with E-state index in [1.54, 1.807) is 22.2 Å². The van der Waals surface area contributed by atoms with Crippen LogP contribution in [0.2, 0.25) is 0 Å². The molecule has 3 heterocycles. The average molecular weight is 368 g/mol. The Morgan fingerprint density at radius 2 is 2.12 bits per heavy atom. The molecule has 0 radical (unpaired) electrons. The van der Waals surface area contributed by atoms with Gasteiger partial charge in [0.05, 0.1) is 12.5 Å². The van der Waals surface area contributed by atoms with E-state index in [-0.39, 0.29) is 11.8 Å². The summed E-state index contributed by atoms with van der Waals surface area (Å²) in [7, 11) is 0. The Balaban J connectivity index is 1.61. The molecule has 2 aromatic heterocycles. The number of benzene rings is 1. The Morgan fingerprint density at radius 3 is 2.92 bits per heavy atom. The lowest BCUT2D eigenvalue weighted by Gasteiger charge is -2.26. The lowest BCUT2D eigenvalue weighted by molar-refractivity contribution is -0.134. The van der Waals surface area contributed by atoms with Crippen molar-refractivity contribution in [1.82, 2.24) is 30.1 Å². The molecule has 0 aliphatic carbocycles. The molecule has 1 amide bonds. The third-order valence-corrected chi connectivity index (χ3v) is 5.38. The fourth-order valence-corrected chi connectivity index (χ4v) is 3.95. The molecule has 0 spiro atoms. The minimum atomic E-state index is -0.295. The van der Waals surface area contributed by atoms with Gasteiger partial charge in [0, 0.05) is 24.7 Å². The number of aryl methyl sites for hydroxylation is 1. The van der Waals surface area contributed by atoms with Crippen molar-refractivity contribution in [2.45, 2.75) is 44.8 Å². The van der Waals surface area contributed by atoms with Crippen LogP contribution in [-0.2, 0) is 24.4 Å². The van der Waals surface area contributed by atoms with Crippen LogP contribution < -0.4 is 0 Å². The van der Waals surface area contributed by atoms with Crippen molar-refractivity contribution in [1.29, 1.82) is 0 Å². The molecule has 0 N–H and O–H groups in total. The summed E-state index contributed by atoms with van der Waals surface area (Å²) in [4.78, 5) is 19.7. The van der Waals surface area contributed by atoms with Crippen molar-refractivity contribution in [3.05, 3.63) is 58.3 Å². The van der Waals surface area contributed by atoms with E-state index in [1.165, 1.54) is 0 Å². The number of tetrazole rings is 1. The van der Waals surface area contributed by atoms with Crippen LogP contribution in [0.5, 0.6) is 0 Å². The number of amides is 1. The molecule has 7 nitrogen and oxygen atoms in total. The summed E-state index contributed by atoms with van der Waals surface area (Å²) in [6.45, 7) is 1.83. The Hall–Kier alpha value is -2.61. The van der Waals surface area contributed by atoms with Crippen LogP contribution in [0.25, 0.3) is 0 Å². The average Bonchev–Trinajstić information content (AvgIpc) is 3.30. The first-order chi connectivity index (χ1) is 12.8. The van der Waals surface area contributed by atoms with E-state index < -0.39 is 0 Å². The first kappa shape index (κ1) is 16.8. The first-order valence-electron chi connectivity index (χ1n) is 8.78. The van der Waals surface area contributed by atoms with Gasteiger partial charge in [0.25, 0.3) is 0 Å². The topological polar surface area (TPSA) is 76.8 Å². The van der Waals surface area contributed by atoms with Crippen LogP contribution in [-0.4, -0.2) is 36.0 Å². The van der Waals surface area contributed by atoms with Crippen molar-refractivity contribution in [2.24, 2.45) is 0 Å². The van der Waals surface area contributed by atoms with Gasteiger partial charge in [-0.3, -0.25) is 4.79 Å². The number of rotatable bonds is 5. The number of fused-ring (bicyclic) bond motifs is 1. The van der Waals surface area contributed by atoms with Crippen molar-refractivity contribution in [3.63, 3.8) is 0 Å². The summed E-state index contributed by atoms with van der Waals surface area (Å²) in [5, 5.41) is 14.8. The predicted octanol–water partition coefficient (Wildman–Crippen LogP) is 2.63. The summed E-state index contributed by atoms with van der Waals surface area (Å²) in [6, 6.07) is 10.1. The zero-order valence-corrected chi connectivity index (χ0v) is 15.2. The highest BCUT2D eigenvalue weighted by atomic mass is 32.1. The number of nitrogens with zero attached hydrogens (tertiary/aromatic N) is 6. The van der Waals surface area contributed by atoms with E-state index in [9.17, 15) is 4.79 Å². The van der Waals surface area contributed by atoms with Gasteiger partial charge in [-0.15, -0.1) is 16.4 Å². The third kappa shape index (κ3) is 3.65. The molecule has 0 saturated carbocycles. The van der Waals surface area contributed by atoms with Gasteiger partial charge in [-0.1, -0.05) is 36.8 Å². The van der Waals surface area contributed by atoms with Gasteiger partial charge in [-0.05, 0) is 28.8 Å². The van der Waals surface area contributed by atoms with E-state index in [2.05, 4.69) is 20.5 Å². The van der Waals surface area contributed by atoms with Gasteiger partial charge in [0.2, 0.25) is 5.91 Å². The summed E-state index contributed by atoms with van der Waals surface area (Å²) in [5.41, 5.74) is 1.10. The molecule has 3 aromatic rings. The summed E-state index contributed by atoms with van der Waals surface area (Å²) in [6.07, 6.45) is 4.53. The Morgan fingerprint density at radius 1 is 1.23 bits per heavy atom. The lowest BCUT2D eigenvalue weighted by atomic mass is 10.0. The summed E-state index contributed by atoms with van der Waals surface area (Å²) >= 11 is 1.57. The number of carbonyl (C=O) groups excluding carboxylic acids is 1. The van der Waals surface area contributed by atoms with Crippen LogP contribution in [0.3, 0.4) is 0 Å². The van der Waals surface area contributed by atoms with Crippen LogP contribution >= 0.6 is 11.3 Å². The minimum absolute atomic E-state index is 0.0713. The SMILES string of the molecule is O=C(C1CCCCn2nnnc21)N(Cc1ccccc1)Cc1nccs1. The lowest BCUT2D eigenvalue weighted by Crippen LogP contribution is -2.35. The van der Waals surface area contributed by atoms with Gasteiger partial charge in [0.15, 0.2) is 5.82 Å². The molecule has 1 aliphatic rings. The maximum absolute atomic E-state index is 13.4. The third-order valence-electron chi connectivity index (χ3n) is 4.62. The van der Waals surface area contributed by atoms with Crippen molar-refractivity contribution in [2.75, 3.05) is 0 Å². The van der Waals surface area contributed by atoms with Gasteiger partial charge in [-0.2, -0.15) is 0 Å². The Labute approximate surface area is 155 Å². The molecule has 0 saturated heterocycles. The molecular weight excluding hydrogens is 348 g/mol.